The van der Waals surface area contributed by atoms with Gasteiger partial charge in [-0.2, -0.15) is 5.26 Å². The van der Waals surface area contributed by atoms with Gasteiger partial charge in [0.15, 0.2) is 0 Å². The van der Waals surface area contributed by atoms with E-state index in [9.17, 15) is 9.59 Å². The molecular weight excluding hydrogens is 390 g/mol. The lowest BCUT2D eigenvalue weighted by atomic mass is 9.90. The Hall–Kier alpha value is -2.30. The number of carbonyl (C=O) groups excluding carboxylic acids is 2. The topological polar surface area (TPSA) is 73.2 Å². The van der Waals surface area contributed by atoms with Crippen LogP contribution in [0.4, 0.5) is 5.69 Å². The molecule has 144 valence electrons. The summed E-state index contributed by atoms with van der Waals surface area (Å²) < 4.78 is 0. The molecule has 2 aliphatic rings. The lowest BCUT2D eigenvalue weighted by Gasteiger charge is -2.22. The number of nitrogens with one attached hydrogen (secondary N) is 1. The van der Waals surface area contributed by atoms with E-state index in [4.69, 9.17) is 5.26 Å². The minimum absolute atomic E-state index is 0.0444. The number of hydrogen-bond donors (Lipinski definition) is 1. The molecule has 1 aliphatic carbocycles. The van der Waals surface area contributed by atoms with Gasteiger partial charge >= 0.3 is 0 Å². The second kappa shape index (κ2) is 7.98. The molecule has 0 radical (unpaired) electrons. The fourth-order valence-electron chi connectivity index (χ4n) is 3.67. The van der Waals surface area contributed by atoms with E-state index < -0.39 is 6.04 Å². The fourth-order valence-corrected chi connectivity index (χ4v) is 5.98. The highest BCUT2D eigenvalue weighted by Gasteiger charge is 2.36. The van der Waals surface area contributed by atoms with E-state index in [1.165, 1.54) is 16.9 Å². The zero-order valence-corrected chi connectivity index (χ0v) is 17.2. The fraction of sp³-hybridized carbons (Fsp3) is 0.381. The highest BCUT2D eigenvalue weighted by atomic mass is 32.2. The van der Waals surface area contributed by atoms with Crippen LogP contribution in [0.15, 0.2) is 30.3 Å². The van der Waals surface area contributed by atoms with E-state index in [2.05, 4.69) is 18.3 Å². The Morgan fingerprint density at radius 3 is 2.82 bits per heavy atom. The highest BCUT2D eigenvalue weighted by molar-refractivity contribution is 7.99. The summed E-state index contributed by atoms with van der Waals surface area (Å²) in [5.41, 5.74) is 2.48. The molecule has 1 aromatic heterocycles. The number of thiophene rings is 1. The van der Waals surface area contributed by atoms with Gasteiger partial charge in [0.2, 0.25) is 5.91 Å². The number of thioether (sulfide) groups is 1. The molecule has 7 heteroatoms. The zero-order valence-electron chi connectivity index (χ0n) is 15.6. The van der Waals surface area contributed by atoms with Crippen molar-refractivity contribution in [1.82, 2.24) is 4.90 Å². The minimum atomic E-state index is -0.480. The first-order valence-corrected chi connectivity index (χ1v) is 11.3. The maximum Gasteiger partial charge on any atom is 0.265 e. The number of nitriles is 1. The van der Waals surface area contributed by atoms with E-state index in [1.54, 1.807) is 52.3 Å². The molecule has 2 aromatic rings. The van der Waals surface area contributed by atoms with Gasteiger partial charge in [-0.25, -0.2) is 0 Å². The number of rotatable bonds is 3. The van der Waals surface area contributed by atoms with Gasteiger partial charge in [-0.15, -0.1) is 23.1 Å². The van der Waals surface area contributed by atoms with Crippen LogP contribution in [0.25, 0.3) is 0 Å². The van der Waals surface area contributed by atoms with E-state index in [0.29, 0.717) is 28.8 Å². The molecule has 1 N–H and O–H groups in total. The molecule has 2 heterocycles. The van der Waals surface area contributed by atoms with Crippen molar-refractivity contribution in [3.05, 3.63) is 51.2 Å². The normalized spacial score (nSPS) is 21.1. The number of nitrogens with zero attached hydrogens (tertiary/aromatic N) is 2. The van der Waals surface area contributed by atoms with Gasteiger partial charge in [0.25, 0.3) is 5.91 Å². The summed E-state index contributed by atoms with van der Waals surface area (Å²) >= 11 is 3.19. The van der Waals surface area contributed by atoms with E-state index in [0.717, 1.165) is 17.7 Å². The van der Waals surface area contributed by atoms with Crippen LogP contribution in [0.2, 0.25) is 0 Å². The molecule has 2 amide bonds. The standard InChI is InChI=1S/C21H21N3O2S2/c1-13-2-7-18-15(8-13)9-19(28-18)21(26)24-12-27-11-17(24)20(25)23-16-5-3-14(10-22)4-6-16/h3-6,9,13,17H,2,7-8,11-12H2,1H3,(H,23,25)/t13-,17+/m0/s1. The Kier molecular flexibility index (Phi) is 5.42. The largest absolute Gasteiger partial charge is 0.324 e. The predicted octanol–water partition coefficient (Wildman–Crippen LogP) is 3.90. The SMILES string of the molecule is C[C@H]1CCc2sc(C(=O)N3CSC[C@@H]3C(=O)Nc3ccc(C#N)cc3)cc2C1. The van der Waals surface area contributed by atoms with Gasteiger partial charge in [-0.3, -0.25) is 9.59 Å². The lowest BCUT2D eigenvalue weighted by molar-refractivity contribution is -0.119. The molecule has 0 bridgehead atoms. The van der Waals surface area contributed by atoms with Crippen LogP contribution in [0.1, 0.15) is 39.0 Å². The summed E-state index contributed by atoms with van der Waals surface area (Å²) in [7, 11) is 0. The molecule has 1 fully saturated rings. The maximum absolute atomic E-state index is 13.1. The summed E-state index contributed by atoms with van der Waals surface area (Å²) in [5.74, 6) is 1.56. The smallest absolute Gasteiger partial charge is 0.265 e. The minimum Gasteiger partial charge on any atom is -0.324 e. The monoisotopic (exact) mass is 411 g/mol. The third kappa shape index (κ3) is 3.80. The van der Waals surface area contributed by atoms with Crippen LogP contribution in [0.5, 0.6) is 0 Å². The summed E-state index contributed by atoms with van der Waals surface area (Å²) in [5, 5.41) is 11.8. The van der Waals surface area contributed by atoms with Crippen molar-refractivity contribution >= 4 is 40.6 Å². The van der Waals surface area contributed by atoms with E-state index in [-0.39, 0.29) is 11.8 Å². The van der Waals surface area contributed by atoms with Crippen molar-refractivity contribution in [1.29, 1.82) is 5.26 Å². The maximum atomic E-state index is 13.1. The van der Waals surface area contributed by atoms with E-state index in [1.807, 2.05) is 6.07 Å². The summed E-state index contributed by atoms with van der Waals surface area (Å²) in [4.78, 5) is 29.6. The van der Waals surface area contributed by atoms with Crippen molar-refractivity contribution in [2.75, 3.05) is 16.9 Å². The summed E-state index contributed by atoms with van der Waals surface area (Å²) in [6.07, 6.45) is 3.26. The molecule has 4 rings (SSSR count). The van der Waals surface area contributed by atoms with Crippen LogP contribution >= 0.6 is 23.1 Å². The number of fused-ring (bicyclic) bond motifs is 1. The Morgan fingerprint density at radius 2 is 2.07 bits per heavy atom. The third-order valence-corrected chi connectivity index (χ3v) is 7.50. The summed E-state index contributed by atoms with van der Waals surface area (Å²) in [6.45, 7) is 2.25. The number of benzene rings is 1. The van der Waals surface area contributed by atoms with Crippen LogP contribution in [-0.4, -0.2) is 34.4 Å². The molecule has 0 unspecified atom stereocenters. The second-order valence-corrected chi connectivity index (χ2v) is 9.51. The van der Waals surface area contributed by atoms with Crippen molar-refractivity contribution in [2.24, 2.45) is 5.92 Å². The average molecular weight is 412 g/mol. The first-order chi connectivity index (χ1) is 13.5. The Balaban J connectivity index is 1.47. The number of carbonyl (C=O) groups is 2. The quantitative estimate of drug-likeness (QED) is 0.831. The van der Waals surface area contributed by atoms with Crippen molar-refractivity contribution in [2.45, 2.75) is 32.2 Å². The zero-order chi connectivity index (χ0) is 19.7. The molecule has 1 aliphatic heterocycles. The highest BCUT2D eigenvalue weighted by Crippen LogP contribution is 2.34. The van der Waals surface area contributed by atoms with Gasteiger partial charge in [-0.1, -0.05) is 6.92 Å². The molecule has 2 atom stereocenters. The Morgan fingerprint density at radius 1 is 1.29 bits per heavy atom. The molecule has 1 saturated heterocycles. The van der Waals surface area contributed by atoms with E-state index >= 15 is 0 Å². The number of amides is 2. The van der Waals surface area contributed by atoms with Crippen LogP contribution in [0.3, 0.4) is 0 Å². The molecule has 1 aromatic carbocycles. The van der Waals surface area contributed by atoms with Crippen LogP contribution in [0, 0.1) is 17.2 Å². The third-order valence-electron chi connectivity index (χ3n) is 5.27. The molecule has 0 spiro atoms. The second-order valence-electron chi connectivity index (χ2n) is 7.38. The average Bonchev–Trinajstić information content (AvgIpc) is 3.34. The number of hydrogen-bond acceptors (Lipinski definition) is 5. The van der Waals surface area contributed by atoms with Gasteiger partial charge in [0, 0.05) is 16.3 Å². The number of anilines is 1. The van der Waals surface area contributed by atoms with Crippen molar-refractivity contribution in [3.8, 4) is 6.07 Å². The van der Waals surface area contributed by atoms with Crippen molar-refractivity contribution in [3.63, 3.8) is 0 Å². The summed E-state index contributed by atoms with van der Waals surface area (Å²) in [6, 6.07) is 10.4. The first kappa shape index (κ1) is 19.0. The Labute approximate surface area is 172 Å². The first-order valence-electron chi connectivity index (χ1n) is 9.36. The van der Waals surface area contributed by atoms with Gasteiger partial charge in [0.05, 0.1) is 22.4 Å². The molecular formula is C21H21N3O2S2. The van der Waals surface area contributed by atoms with Crippen LogP contribution < -0.4 is 5.32 Å². The molecule has 5 nitrogen and oxygen atoms in total. The molecule has 28 heavy (non-hydrogen) atoms. The predicted molar refractivity (Wildman–Crippen MR) is 113 cm³/mol. The Bertz CT molecular complexity index is 946. The van der Waals surface area contributed by atoms with Gasteiger partial charge in [-0.05, 0) is 61.1 Å². The van der Waals surface area contributed by atoms with Crippen molar-refractivity contribution < 1.29 is 9.59 Å². The number of aryl methyl sites for hydroxylation is 1. The van der Waals surface area contributed by atoms with Gasteiger partial charge in [0.1, 0.15) is 6.04 Å². The lowest BCUT2D eigenvalue weighted by Crippen LogP contribution is -2.44. The van der Waals surface area contributed by atoms with Gasteiger partial charge < -0.3 is 10.2 Å². The van der Waals surface area contributed by atoms with Crippen LogP contribution in [-0.2, 0) is 17.6 Å². The molecule has 0 saturated carbocycles.